The third-order valence-corrected chi connectivity index (χ3v) is 2.73. The first-order chi connectivity index (χ1) is 8.88. The second-order valence-electron chi connectivity index (χ2n) is 4.25. The molecule has 0 fully saturated rings. The number of halogens is 1. The Balaban J connectivity index is 2.91. The molecule has 1 unspecified atom stereocenters. The van der Waals surface area contributed by atoms with E-state index in [1.54, 1.807) is 0 Å². The van der Waals surface area contributed by atoms with E-state index in [4.69, 9.17) is 9.84 Å². The van der Waals surface area contributed by atoms with Crippen LogP contribution in [0.5, 0.6) is 5.75 Å². The van der Waals surface area contributed by atoms with Crippen LogP contribution in [0.2, 0.25) is 0 Å². The lowest BCUT2D eigenvalue weighted by molar-refractivity contribution is -0.141. The molecule has 0 aliphatic carbocycles. The van der Waals surface area contributed by atoms with Gasteiger partial charge < -0.3 is 14.7 Å². The normalized spacial score (nSPS) is 11.8. The van der Waals surface area contributed by atoms with E-state index in [1.807, 2.05) is 0 Å². The molecule has 0 radical (unpaired) electrons. The van der Waals surface area contributed by atoms with Crippen molar-refractivity contribution in [3.8, 4) is 5.75 Å². The zero-order valence-corrected chi connectivity index (χ0v) is 11.0. The van der Waals surface area contributed by atoms with E-state index in [9.17, 15) is 14.0 Å². The Kier molecular flexibility index (Phi) is 4.86. The summed E-state index contributed by atoms with van der Waals surface area (Å²) >= 11 is 0. The number of rotatable bonds is 5. The van der Waals surface area contributed by atoms with E-state index in [1.165, 1.54) is 44.2 Å². The van der Waals surface area contributed by atoms with Crippen LogP contribution in [0, 0.1) is 11.7 Å². The molecule has 1 atom stereocenters. The molecule has 104 valence electrons. The summed E-state index contributed by atoms with van der Waals surface area (Å²) in [5, 5.41) is 8.79. The molecule has 0 aromatic heterocycles. The molecule has 6 heteroatoms. The van der Waals surface area contributed by atoms with Crippen LogP contribution in [0.4, 0.5) is 4.39 Å². The molecule has 0 bridgehead atoms. The monoisotopic (exact) mass is 269 g/mol. The predicted octanol–water partition coefficient (Wildman–Crippen LogP) is 1.63. The highest BCUT2D eigenvalue weighted by Crippen LogP contribution is 2.21. The summed E-state index contributed by atoms with van der Waals surface area (Å²) in [6.07, 6.45) is 0. The van der Waals surface area contributed by atoms with Crippen molar-refractivity contribution in [1.82, 2.24) is 4.90 Å². The highest BCUT2D eigenvalue weighted by molar-refractivity contribution is 5.95. The van der Waals surface area contributed by atoms with Crippen molar-refractivity contribution in [2.75, 3.05) is 20.7 Å². The standard InChI is InChI=1S/C13H16FNO4/c1-8(13(17)18)7-15(2)12(16)9-5-4-6-10(19-3)11(9)14/h4-6,8H,7H2,1-3H3,(H,17,18). The molecule has 0 heterocycles. The maximum atomic E-state index is 13.9. The van der Waals surface area contributed by atoms with Crippen molar-refractivity contribution < 1.29 is 23.8 Å². The number of nitrogens with zero attached hydrogens (tertiary/aromatic N) is 1. The van der Waals surface area contributed by atoms with Gasteiger partial charge in [-0.3, -0.25) is 9.59 Å². The average Bonchev–Trinajstić information content (AvgIpc) is 2.37. The van der Waals surface area contributed by atoms with Gasteiger partial charge in [-0.25, -0.2) is 4.39 Å². The van der Waals surface area contributed by atoms with Crippen LogP contribution in [-0.2, 0) is 4.79 Å². The summed E-state index contributed by atoms with van der Waals surface area (Å²) in [4.78, 5) is 23.9. The Morgan fingerprint density at radius 3 is 2.63 bits per heavy atom. The number of benzene rings is 1. The van der Waals surface area contributed by atoms with E-state index < -0.39 is 23.6 Å². The molecule has 0 aliphatic heterocycles. The largest absolute Gasteiger partial charge is 0.494 e. The molecular weight excluding hydrogens is 253 g/mol. The maximum Gasteiger partial charge on any atom is 0.308 e. The summed E-state index contributed by atoms with van der Waals surface area (Å²) in [7, 11) is 2.74. The van der Waals surface area contributed by atoms with Crippen molar-refractivity contribution in [1.29, 1.82) is 0 Å². The first-order valence-electron chi connectivity index (χ1n) is 5.69. The van der Waals surface area contributed by atoms with Crippen molar-refractivity contribution in [2.45, 2.75) is 6.92 Å². The molecule has 0 saturated heterocycles. The fraction of sp³-hybridized carbons (Fsp3) is 0.385. The Bertz CT molecular complexity index is 490. The van der Waals surface area contributed by atoms with Crippen LogP contribution in [0.25, 0.3) is 0 Å². The van der Waals surface area contributed by atoms with Crippen LogP contribution in [-0.4, -0.2) is 42.6 Å². The van der Waals surface area contributed by atoms with E-state index in [-0.39, 0.29) is 17.9 Å². The fourth-order valence-corrected chi connectivity index (χ4v) is 1.61. The van der Waals surface area contributed by atoms with Crippen molar-refractivity contribution in [3.63, 3.8) is 0 Å². The van der Waals surface area contributed by atoms with E-state index in [0.717, 1.165) is 0 Å². The second-order valence-corrected chi connectivity index (χ2v) is 4.25. The lowest BCUT2D eigenvalue weighted by Gasteiger charge is -2.20. The molecule has 1 N–H and O–H groups in total. The van der Waals surface area contributed by atoms with E-state index in [0.29, 0.717) is 0 Å². The number of hydrogen-bond donors (Lipinski definition) is 1. The van der Waals surface area contributed by atoms with Crippen LogP contribution in [0.1, 0.15) is 17.3 Å². The number of ether oxygens (including phenoxy) is 1. The highest BCUT2D eigenvalue weighted by Gasteiger charge is 2.22. The number of carbonyl (C=O) groups excluding carboxylic acids is 1. The topological polar surface area (TPSA) is 66.8 Å². The minimum Gasteiger partial charge on any atom is -0.494 e. The first kappa shape index (κ1) is 14.9. The highest BCUT2D eigenvalue weighted by atomic mass is 19.1. The van der Waals surface area contributed by atoms with E-state index in [2.05, 4.69) is 0 Å². The molecule has 1 amide bonds. The number of carboxylic acid groups (broad SMARTS) is 1. The Hall–Kier alpha value is -2.11. The van der Waals surface area contributed by atoms with Crippen LogP contribution < -0.4 is 4.74 Å². The summed E-state index contributed by atoms with van der Waals surface area (Å²) < 4.78 is 18.7. The molecule has 0 aliphatic rings. The molecule has 1 rings (SSSR count). The number of aliphatic carboxylic acids is 1. The minimum atomic E-state index is -1.01. The van der Waals surface area contributed by atoms with Gasteiger partial charge in [0.25, 0.3) is 5.91 Å². The lowest BCUT2D eigenvalue weighted by atomic mass is 10.1. The quantitative estimate of drug-likeness (QED) is 0.882. The Labute approximate surface area is 110 Å². The first-order valence-corrected chi connectivity index (χ1v) is 5.69. The fourth-order valence-electron chi connectivity index (χ4n) is 1.61. The molecule has 19 heavy (non-hydrogen) atoms. The Morgan fingerprint density at radius 2 is 2.11 bits per heavy atom. The van der Waals surface area contributed by atoms with Gasteiger partial charge in [0, 0.05) is 13.6 Å². The summed E-state index contributed by atoms with van der Waals surface area (Å²) in [5.41, 5.74) is -0.139. The molecule has 0 saturated carbocycles. The number of amides is 1. The van der Waals surface area contributed by atoms with Crippen LogP contribution in [0.3, 0.4) is 0 Å². The lowest BCUT2D eigenvalue weighted by Crippen LogP contribution is -2.34. The molecule has 1 aromatic rings. The van der Waals surface area contributed by atoms with E-state index >= 15 is 0 Å². The van der Waals surface area contributed by atoms with Crippen LogP contribution in [0.15, 0.2) is 18.2 Å². The van der Waals surface area contributed by atoms with Gasteiger partial charge in [0.05, 0.1) is 18.6 Å². The predicted molar refractivity (Wildman–Crippen MR) is 66.7 cm³/mol. The zero-order valence-electron chi connectivity index (χ0n) is 11.0. The van der Waals surface area contributed by atoms with Gasteiger partial charge in [0.1, 0.15) is 0 Å². The van der Waals surface area contributed by atoms with Gasteiger partial charge in [-0.1, -0.05) is 13.0 Å². The van der Waals surface area contributed by atoms with Gasteiger partial charge in [0.2, 0.25) is 0 Å². The average molecular weight is 269 g/mol. The number of hydrogen-bond acceptors (Lipinski definition) is 3. The van der Waals surface area contributed by atoms with Gasteiger partial charge in [-0.15, -0.1) is 0 Å². The number of carbonyl (C=O) groups is 2. The zero-order chi connectivity index (χ0) is 14.6. The summed E-state index contributed by atoms with van der Waals surface area (Å²) in [6.45, 7) is 1.48. The van der Waals surface area contributed by atoms with Gasteiger partial charge >= 0.3 is 5.97 Å². The van der Waals surface area contributed by atoms with Crippen molar-refractivity contribution in [3.05, 3.63) is 29.6 Å². The SMILES string of the molecule is COc1cccc(C(=O)N(C)CC(C)C(=O)O)c1F. The summed E-state index contributed by atoms with van der Waals surface area (Å²) in [6, 6.07) is 4.25. The van der Waals surface area contributed by atoms with Gasteiger partial charge in [-0.05, 0) is 12.1 Å². The van der Waals surface area contributed by atoms with Crippen LogP contribution >= 0.6 is 0 Å². The number of methoxy groups -OCH3 is 1. The van der Waals surface area contributed by atoms with Gasteiger partial charge in [-0.2, -0.15) is 0 Å². The molecular formula is C13H16FNO4. The maximum absolute atomic E-state index is 13.9. The van der Waals surface area contributed by atoms with Crippen molar-refractivity contribution in [2.24, 2.45) is 5.92 Å². The number of carboxylic acids is 1. The summed E-state index contributed by atoms with van der Waals surface area (Å²) in [5.74, 6) is -3.08. The molecule has 1 aromatic carbocycles. The smallest absolute Gasteiger partial charge is 0.308 e. The molecule has 0 spiro atoms. The van der Waals surface area contributed by atoms with Crippen molar-refractivity contribution >= 4 is 11.9 Å². The minimum absolute atomic E-state index is 0.00478. The Morgan fingerprint density at radius 1 is 1.47 bits per heavy atom. The third kappa shape index (κ3) is 3.43. The third-order valence-electron chi connectivity index (χ3n) is 2.73. The molecule has 5 nitrogen and oxygen atoms in total. The second kappa shape index (κ2) is 6.17. The van der Waals surface area contributed by atoms with Gasteiger partial charge in [0.15, 0.2) is 11.6 Å².